The lowest BCUT2D eigenvalue weighted by molar-refractivity contribution is -0.152. The molecule has 13 heteroatoms. The molecule has 3 heterocycles. The standard InChI is InChI=1S/C23H20FN5O5S2/c1-29-8-7-26-21(29)18-10-14-20(36-18)17(5-6-25-14)34-16-4-3-12(9-13(16)24)27-23(35)28-19(31)11-15(30)22(32)33-2/h3-10,15,30H,11H2,1-2H3,(H2,27,28,31,35). The summed E-state index contributed by atoms with van der Waals surface area (Å²) in [5, 5.41) is 14.4. The molecule has 0 saturated carbocycles. The van der Waals surface area contributed by atoms with Gasteiger partial charge in [0, 0.05) is 43.5 Å². The van der Waals surface area contributed by atoms with Gasteiger partial charge in [0.1, 0.15) is 11.6 Å². The smallest absolute Gasteiger partial charge is 0.335 e. The number of nitrogens with zero attached hydrogens (tertiary/aromatic N) is 3. The van der Waals surface area contributed by atoms with Crippen LogP contribution in [0.2, 0.25) is 0 Å². The molecule has 4 aromatic rings. The number of methoxy groups -OCH3 is 1. The number of amides is 1. The first-order chi connectivity index (χ1) is 17.2. The van der Waals surface area contributed by atoms with Crippen molar-refractivity contribution < 1.29 is 28.6 Å². The molecule has 4 rings (SSSR count). The van der Waals surface area contributed by atoms with Crippen LogP contribution < -0.4 is 15.4 Å². The number of aliphatic hydroxyl groups excluding tert-OH is 1. The molecule has 1 amide bonds. The van der Waals surface area contributed by atoms with Crippen LogP contribution in [-0.4, -0.2) is 49.8 Å². The molecule has 0 radical (unpaired) electrons. The Morgan fingerprint density at radius 1 is 1.22 bits per heavy atom. The average molecular weight is 530 g/mol. The van der Waals surface area contributed by atoms with Crippen LogP contribution in [0.15, 0.2) is 48.9 Å². The van der Waals surface area contributed by atoms with Gasteiger partial charge in [-0.2, -0.15) is 0 Å². The molecule has 0 saturated heterocycles. The van der Waals surface area contributed by atoms with Gasteiger partial charge in [0.05, 0.1) is 28.6 Å². The molecule has 186 valence electrons. The molecule has 0 bridgehead atoms. The van der Waals surface area contributed by atoms with Gasteiger partial charge in [-0.05, 0) is 30.4 Å². The molecule has 1 aromatic carbocycles. The van der Waals surface area contributed by atoms with Crippen molar-refractivity contribution in [1.82, 2.24) is 19.9 Å². The maximum absolute atomic E-state index is 14.8. The lowest BCUT2D eigenvalue weighted by atomic mass is 10.2. The van der Waals surface area contributed by atoms with Gasteiger partial charge in [-0.1, -0.05) is 0 Å². The van der Waals surface area contributed by atoms with E-state index in [0.717, 1.165) is 28.6 Å². The van der Waals surface area contributed by atoms with Gasteiger partial charge in [-0.25, -0.2) is 14.2 Å². The largest absolute Gasteiger partial charge is 0.467 e. The van der Waals surface area contributed by atoms with E-state index in [0.29, 0.717) is 11.3 Å². The number of halogens is 1. The number of pyridine rings is 1. The number of nitrogens with one attached hydrogen (secondary N) is 2. The Balaban J connectivity index is 1.44. The Morgan fingerprint density at radius 3 is 2.72 bits per heavy atom. The third kappa shape index (κ3) is 5.64. The van der Waals surface area contributed by atoms with E-state index >= 15 is 0 Å². The molecular weight excluding hydrogens is 509 g/mol. The van der Waals surface area contributed by atoms with Gasteiger partial charge < -0.3 is 29.8 Å². The van der Waals surface area contributed by atoms with Crippen LogP contribution in [0.25, 0.3) is 20.9 Å². The van der Waals surface area contributed by atoms with E-state index < -0.39 is 30.2 Å². The molecule has 36 heavy (non-hydrogen) atoms. The quantitative estimate of drug-likeness (QED) is 0.244. The number of ether oxygens (including phenoxy) is 2. The Kier molecular flexibility index (Phi) is 7.52. The van der Waals surface area contributed by atoms with Crippen LogP contribution in [0.4, 0.5) is 10.1 Å². The van der Waals surface area contributed by atoms with Gasteiger partial charge in [0.15, 0.2) is 22.8 Å². The summed E-state index contributed by atoms with van der Waals surface area (Å²) < 4.78 is 27.7. The summed E-state index contributed by atoms with van der Waals surface area (Å²) in [4.78, 5) is 32.7. The number of aryl methyl sites for hydroxylation is 1. The minimum absolute atomic E-state index is 0.0175. The Hall–Kier alpha value is -3.94. The zero-order valence-corrected chi connectivity index (χ0v) is 20.7. The number of imidazole rings is 1. The molecule has 0 aliphatic rings. The van der Waals surface area contributed by atoms with Gasteiger partial charge >= 0.3 is 5.97 Å². The number of fused-ring (bicyclic) bond motifs is 1. The van der Waals surface area contributed by atoms with Crippen molar-refractivity contribution in [3.8, 4) is 22.2 Å². The zero-order chi connectivity index (χ0) is 25.8. The highest BCUT2D eigenvalue weighted by atomic mass is 32.1. The number of aromatic nitrogens is 3. The van der Waals surface area contributed by atoms with Crippen LogP contribution in [0.5, 0.6) is 11.5 Å². The summed E-state index contributed by atoms with van der Waals surface area (Å²) >= 11 is 6.47. The van der Waals surface area contributed by atoms with Gasteiger partial charge in [0.2, 0.25) is 5.91 Å². The van der Waals surface area contributed by atoms with E-state index in [1.54, 1.807) is 18.5 Å². The summed E-state index contributed by atoms with van der Waals surface area (Å²) in [6.45, 7) is 0. The molecule has 1 unspecified atom stereocenters. The number of hydrogen-bond donors (Lipinski definition) is 3. The average Bonchev–Trinajstić information content (AvgIpc) is 3.46. The summed E-state index contributed by atoms with van der Waals surface area (Å²) in [7, 11) is 2.99. The fourth-order valence-corrected chi connectivity index (χ4v) is 4.56. The van der Waals surface area contributed by atoms with E-state index in [1.165, 1.54) is 23.5 Å². The summed E-state index contributed by atoms with van der Waals surface area (Å²) in [5.74, 6) is -1.11. The van der Waals surface area contributed by atoms with Gasteiger partial charge in [-0.3, -0.25) is 9.78 Å². The van der Waals surface area contributed by atoms with Crippen LogP contribution in [0.3, 0.4) is 0 Å². The van der Waals surface area contributed by atoms with Crippen molar-refractivity contribution in [1.29, 1.82) is 0 Å². The lowest BCUT2D eigenvalue weighted by Crippen LogP contribution is -2.37. The van der Waals surface area contributed by atoms with E-state index in [-0.39, 0.29) is 16.5 Å². The molecule has 0 fully saturated rings. The summed E-state index contributed by atoms with van der Waals surface area (Å²) in [6.07, 6.45) is 2.98. The zero-order valence-electron chi connectivity index (χ0n) is 19.0. The highest BCUT2D eigenvalue weighted by Gasteiger charge is 2.20. The first-order valence-corrected chi connectivity index (χ1v) is 11.7. The maximum atomic E-state index is 14.8. The fraction of sp³-hybridized carbons (Fsp3) is 0.174. The van der Waals surface area contributed by atoms with Crippen molar-refractivity contribution in [2.45, 2.75) is 12.5 Å². The number of esters is 1. The molecule has 10 nitrogen and oxygen atoms in total. The van der Waals surface area contributed by atoms with E-state index in [9.17, 15) is 19.1 Å². The minimum atomic E-state index is -1.62. The second kappa shape index (κ2) is 10.8. The Morgan fingerprint density at radius 2 is 2.03 bits per heavy atom. The second-order valence-corrected chi connectivity index (χ2v) is 8.95. The molecule has 3 aromatic heterocycles. The number of carbonyl (C=O) groups excluding carboxylic acids is 2. The number of thiocarbonyl (C=S) groups is 1. The summed E-state index contributed by atoms with van der Waals surface area (Å²) in [5.41, 5.74) is 0.958. The molecular formula is C23H20FN5O5S2. The normalized spacial score (nSPS) is 11.7. The monoisotopic (exact) mass is 529 g/mol. The Labute approximate surface area is 213 Å². The SMILES string of the molecule is COC(=O)C(O)CC(=O)NC(=S)Nc1ccc(Oc2ccnc3cc(-c4nccn4C)sc23)c(F)c1. The van der Waals surface area contributed by atoms with Crippen LogP contribution in [0, 0.1) is 5.82 Å². The number of hydrogen-bond acceptors (Lipinski definition) is 9. The molecule has 0 aliphatic carbocycles. The minimum Gasteiger partial charge on any atom is -0.467 e. The predicted molar refractivity (Wildman–Crippen MR) is 135 cm³/mol. The third-order valence-corrected chi connectivity index (χ3v) is 6.27. The van der Waals surface area contributed by atoms with Crippen LogP contribution in [0.1, 0.15) is 6.42 Å². The molecule has 3 N–H and O–H groups in total. The van der Waals surface area contributed by atoms with E-state index in [1.807, 2.05) is 23.9 Å². The highest BCUT2D eigenvalue weighted by Crippen LogP contribution is 2.39. The van der Waals surface area contributed by atoms with E-state index in [4.69, 9.17) is 17.0 Å². The molecule has 1 atom stereocenters. The van der Waals surface area contributed by atoms with E-state index in [2.05, 4.69) is 25.3 Å². The van der Waals surface area contributed by atoms with Gasteiger partial charge in [0.25, 0.3) is 0 Å². The van der Waals surface area contributed by atoms with Gasteiger partial charge in [-0.15, -0.1) is 11.3 Å². The maximum Gasteiger partial charge on any atom is 0.335 e. The second-order valence-electron chi connectivity index (χ2n) is 7.49. The first-order valence-electron chi connectivity index (χ1n) is 10.5. The summed E-state index contributed by atoms with van der Waals surface area (Å²) in [6, 6.07) is 7.65. The third-order valence-electron chi connectivity index (χ3n) is 4.93. The van der Waals surface area contributed by atoms with Crippen molar-refractivity contribution in [2.75, 3.05) is 12.4 Å². The fourth-order valence-electron chi connectivity index (χ4n) is 3.22. The number of aliphatic hydroxyl groups is 1. The highest BCUT2D eigenvalue weighted by molar-refractivity contribution is 7.80. The number of benzene rings is 1. The van der Waals surface area contributed by atoms with Crippen molar-refractivity contribution in [3.05, 3.63) is 54.7 Å². The van der Waals surface area contributed by atoms with Crippen LogP contribution >= 0.6 is 23.6 Å². The van der Waals surface area contributed by atoms with Crippen molar-refractivity contribution in [3.63, 3.8) is 0 Å². The van der Waals surface area contributed by atoms with Crippen molar-refractivity contribution in [2.24, 2.45) is 7.05 Å². The number of rotatable bonds is 7. The lowest BCUT2D eigenvalue weighted by Gasteiger charge is -2.13. The first kappa shape index (κ1) is 25.2. The molecule has 0 aliphatic heterocycles. The molecule has 0 spiro atoms. The topological polar surface area (TPSA) is 128 Å². The Bertz CT molecular complexity index is 1450. The number of anilines is 1. The number of thiophene rings is 1. The predicted octanol–water partition coefficient (Wildman–Crippen LogP) is 3.37. The number of carbonyl (C=O) groups is 2. The van der Waals surface area contributed by atoms with Crippen molar-refractivity contribution >= 4 is 56.4 Å². The van der Waals surface area contributed by atoms with Crippen LogP contribution in [-0.2, 0) is 21.4 Å².